The summed E-state index contributed by atoms with van der Waals surface area (Å²) in [6.07, 6.45) is 2.44. The Balaban J connectivity index is 1.41. The van der Waals surface area contributed by atoms with E-state index in [-0.39, 0.29) is 22.9 Å². The molecule has 2 aliphatic heterocycles. The van der Waals surface area contributed by atoms with Crippen molar-refractivity contribution in [2.75, 3.05) is 13.1 Å². The molecule has 1 aromatic heterocycles. The quantitative estimate of drug-likeness (QED) is 0.664. The van der Waals surface area contributed by atoms with Crippen molar-refractivity contribution in [3.8, 4) is 0 Å². The smallest absolute Gasteiger partial charge is 0.410 e. The molecule has 0 spiro atoms. The number of carbonyl (C=O) groups excluding carboxylic acids is 4. The van der Waals surface area contributed by atoms with Crippen LogP contribution in [-0.2, 0) is 9.57 Å². The van der Waals surface area contributed by atoms with Gasteiger partial charge in [-0.3, -0.25) is 9.59 Å². The molecule has 0 N–H and O–H groups in total. The highest BCUT2D eigenvalue weighted by Crippen LogP contribution is 2.25. The summed E-state index contributed by atoms with van der Waals surface area (Å²) in [6.45, 7) is 6.32. The van der Waals surface area contributed by atoms with E-state index in [1.54, 1.807) is 37.8 Å². The lowest BCUT2D eigenvalue weighted by molar-refractivity contribution is -0.0588. The van der Waals surface area contributed by atoms with Crippen LogP contribution < -0.4 is 0 Å². The second-order valence-electron chi connectivity index (χ2n) is 8.64. The molecule has 1 atom stereocenters. The van der Waals surface area contributed by atoms with Crippen molar-refractivity contribution >= 4 is 23.9 Å². The van der Waals surface area contributed by atoms with Gasteiger partial charge in [-0.15, -0.1) is 5.10 Å². The first-order chi connectivity index (χ1) is 15.1. The van der Waals surface area contributed by atoms with Crippen LogP contribution >= 0.6 is 0 Å². The van der Waals surface area contributed by atoms with E-state index in [9.17, 15) is 19.2 Å². The van der Waals surface area contributed by atoms with Gasteiger partial charge in [0.15, 0.2) is 5.69 Å². The third kappa shape index (κ3) is 4.18. The lowest BCUT2D eigenvalue weighted by Crippen LogP contribution is -2.43. The number of aromatic nitrogens is 3. The Morgan fingerprint density at radius 2 is 1.75 bits per heavy atom. The third-order valence-electron chi connectivity index (χ3n) is 5.07. The summed E-state index contributed by atoms with van der Waals surface area (Å²) in [7, 11) is 0. The van der Waals surface area contributed by atoms with Crippen molar-refractivity contribution in [2.45, 2.75) is 45.3 Å². The van der Waals surface area contributed by atoms with Gasteiger partial charge in [-0.05, 0) is 45.7 Å². The normalized spacial score (nSPS) is 18.5. The van der Waals surface area contributed by atoms with Crippen molar-refractivity contribution < 1.29 is 28.8 Å². The number of hydrogen-bond acceptors (Lipinski definition) is 8. The van der Waals surface area contributed by atoms with Crippen molar-refractivity contribution in [3.63, 3.8) is 0 Å². The first-order valence-electron chi connectivity index (χ1n) is 10.2. The summed E-state index contributed by atoms with van der Waals surface area (Å²) in [4.78, 5) is 56.2. The Morgan fingerprint density at radius 1 is 1.09 bits per heavy atom. The van der Waals surface area contributed by atoms with Crippen molar-refractivity contribution in [1.29, 1.82) is 0 Å². The van der Waals surface area contributed by atoms with Crippen molar-refractivity contribution in [1.82, 2.24) is 25.0 Å². The van der Waals surface area contributed by atoms with Crippen LogP contribution in [0.2, 0.25) is 0 Å². The highest BCUT2D eigenvalue weighted by atomic mass is 16.7. The number of piperidine rings is 1. The maximum Gasteiger partial charge on any atom is 0.410 e. The largest absolute Gasteiger partial charge is 0.444 e. The van der Waals surface area contributed by atoms with Gasteiger partial charge >= 0.3 is 12.1 Å². The van der Waals surface area contributed by atoms with Gasteiger partial charge in [-0.2, -0.15) is 0 Å². The number of ether oxygens (including phenoxy) is 1. The fourth-order valence-electron chi connectivity index (χ4n) is 3.59. The lowest BCUT2D eigenvalue weighted by Gasteiger charge is -2.33. The van der Waals surface area contributed by atoms with E-state index >= 15 is 0 Å². The van der Waals surface area contributed by atoms with Gasteiger partial charge < -0.3 is 14.5 Å². The van der Waals surface area contributed by atoms with Crippen LogP contribution in [0.3, 0.4) is 0 Å². The minimum atomic E-state index is -0.981. The molecule has 168 valence electrons. The van der Waals surface area contributed by atoms with Crippen molar-refractivity contribution in [2.24, 2.45) is 0 Å². The number of fused-ring (bicyclic) bond motifs is 1. The van der Waals surface area contributed by atoms with Gasteiger partial charge in [-0.1, -0.05) is 22.4 Å². The lowest BCUT2D eigenvalue weighted by atomic mass is 10.1. The van der Waals surface area contributed by atoms with Gasteiger partial charge in [0, 0.05) is 13.1 Å². The number of rotatable bonds is 3. The molecule has 11 heteroatoms. The Morgan fingerprint density at radius 3 is 2.38 bits per heavy atom. The van der Waals surface area contributed by atoms with E-state index in [1.807, 2.05) is 0 Å². The van der Waals surface area contributed by atoms with E-state index in [4.69, 9.17) is 9.57 Å². The zero-order valence-corrected chi connectivity index (χ0v) is 18.0. The molecular formula is C21H23N5O6. The monoisotopic (exact) mass is 441 g/mol. The van der Waals surface area contributed by atoms with Gasteiger partial charge in [0.1, 0.15) is 5.60 Å². The molecule has 4 rings (SSSR count). The molecule has 0 aliphatic carbocycles. The maximum atomic E-state index is 12.5. The maximum absolute atomic E-state index is 12.5. The summed E-state index contributed by atoms with van der Waals surface area (Å²) in [5.74, 6) is -2.41. The number of carbonyl (C=O) groups is 4. The van der Waals surface area contributed by atoms with E-state index in [1.165, 1.54) is 23.0 Å². The Hall–Kier alpha value is -3.76. The summed E-state index contributed by atoms with van der Waals surface area (Å²) in [5, 5.41) is 8.22. The molecule has 0 saturated carbocycles. The zero-order valence-electron chi connectivity index (χ0n) is 18.0. The molecule has 1 unspecified atom stereocenters. The standard InChI is InChI=1S/C21H23N5O6/c1-21(2,3)31-20(30)24-10-6-7-13(11-24)25-12-16(22-23-25)19(29)32-26-17(27)14-8-4-5-9-15(14)18(26)28/h4-5,8-9,12-13H,6-7,10-11H2,1-3H3. The van der Waals surface area contributed by atoms with Crippen LogP contribution in [0.1, 0.15) is 70.9 Å². The molecule has 3 amide bonds. The topological polar surface area (TPSA) is 124 Å². The number of hydrogen-bond donors (Lipinski definition) is 0. The number of imide groups is 1. The zero-order chi connectivity index (χ0) is 23.0. The SMILES string of the molecule is CC(C)(C)OC(=O)N1CCCC(n2cc(C(=O)ON3C(=O)c4ccccc4C3=O)nn2)C1. The van der Waals surface area contributed by atoms with Crippen LogP contribution in [0.15, 0.2) is 30.5 Å². The number of amides is 3. The number of likely N-dealkylation sites (tertiary alicyclic amines) is 1. The Labute approximate surface area is 183 Å². The molecule has 11 nitrogen and oxygen atoms in total. The van der Waals surface area contributed by atoms with E-state index < -0.39 is 29.5 Å². The molecule has 1 fully saturated rings. The second-order valence-corrected chi connectivity index (χ2v) is 8.64. The van der Waals surface area contributed by atoms with Crippen LogP contribution in [0.4, 0.5) is 4.79 Å². The minimum absolute atomic E-state index is 0.157. The van der Waals surface area contributed by atoms with Crippen LogP contribution in [0.25, 0.3) is 0 Å². The Kier molecular flexibility index (Phi) is 5.41. The van der Waals surface area contributed by atoms with E-state index in [0.29, 0.717) is 18.2 Å². The van der Waals surface area contributed by atoms with Crippen LogP contribution in [0.5, 0.6) is 0 Å². The number of hydroxylamine groups is 2. The van der Waals surface area contributed by atoms with E-state index in [2.05, 4.69) is 10.3 Å². The highest BCUT2D eigenvalue weighted by molar-refractivity contribution is 6.21. The minimum Gasteiger partial charge on any atom is -0.444 e. The molecule has 1 aromatic carbocycles. The number of nitrogens with zero attached hydrogens (tertiary/aromatic N) is 5. The first-order valence-corrected chi connectivity index (χ1v) is 10.2. The van der Waals surface area contributed by atoms with Gasteiger partial charge in [0.25, 0.3) is 11.8 Å². The predicted octanol–water partition coefficient (Wildman–Crippen LogP) is 2.22. The average Bonchev–Trinajstić information content (AvgIpc) is 3.33. The Bertz CT molecular complexity index is 1050. The molecule has 0 bridgehead atoms. The predicted molar refractivity (Wildman–Crippen MR) is 108 cm³/mol. The summed E-state index contributed by atoms with van der Waals surface area (Å²) >= 11 is 0. The van der Waals surface area contributed by atoms with E-state index in [0.717, 1.165) is 12.8 Å². The van der Waals surface area contributed by atoms with Gasteiger partial charge in [-0.25, -0.2) is 14.3 Å². The summed E-state index contributed by atoms with van der Waals surface area (Å²) in [5.41, 5.74) is -0.425. The molecule has 0 radical (unpaired) electrons. The summed E-state index contributed by atoms with van der Waals surface area (Å²) in [6, 6.07) is 6.00. The highest BCUT2D eigenvalue weighted by Gasteiger charge is 2.39. The van der Waals surface area contributed by atoms with Crippen LogP contribution in [0, 0.1) is 0 Å². The molecule has 3 heterocycles. The fourth-order valence-corrected chi connectivity index (χ4v) is 3.59. The molecule has 2 aromatic rings. The molecule has 32 heavy (non-hydrogen) atoms. The molecule has 1 saturated heterocycles. The van der Waals surface area contributed by atoms with Crippen LogP contribution in [-0.4, -0.2) is 67.5 Å². The third-order valence-corrected chi connectivity index (χ3v) is 5.07. The molecular weight excluding hydrogens is 418 g/mol. The first kappa shape index (κ1) is 21.5. The van der Waals surface area contributed by atoms with Crippen molar-refractivity contribution in [3.05, 3.63) is 47.3 Å². The second kappa shape index (κ2) is 8.06. The molecule has 2 aliphatic rings. The fraction of sp³-hybridized carbons (Fsp3) is 0.429. The number of benzene rings is 1. The van der Waals surface area contributed by atoms with Gasteiger partial charge in [0.05, 0.1) is 23.4 Å². The summed E-state index contributed by atoms with van der Waals surface area (Å²) < 4.78 is 6.91. The van der Waals surface area contributed by atoms with Gasteiger partial charge in [0.2, 0.25) is 0 Å². The average molecular weight is 441 g/mol.